The van der Waals surface area contributed by atoms with E-state index in [1.54, 1.807) is 6.07 Å². The Morgan fingerprint density at radius 1 is 1.32 bits per heavy atom. The van der Waals surface area contributed by atoms with Crippen LogP contribution in [0.2, 0.25) is 0 Å². The van der Waals surface area contributed by atoms with Crippen molar-refractivity contribution < 1.29 is 9.18 Å². The molecule has 0 saturated heterocycles. The molecule has 0 unspecified atom stereocenters. The van der Waals surface area contributed by atoms with Gasteiger partial charge in [-0.3, -0.25) is 4.79 Å². The van der Waals surface area contributed by atoms with Crippen LogP contribution in [0.4, 0.5) is 4.39 Å². The Hall–Kier alpha value is -1.42. The molecule has 1 aromatic rings. The summed E-state index contributed by atoms with van der Waals surface area (Å²) in [5.74, 6) is -0.125. The van der Waals surface area contributed by atoms with Crippen molar-refractivity contribution in [2.45, 2.75) is 51.9 Å². The summed E-state index contributed by atoms with van der Waals surface area (Å²) < 4.78 is 13.1. The van der Waals surface area contributed by atoms with Crippen LogP contribution in [0.3, 0.4) is 0 Å². The largest absolute Gasteiger partial charge is 0.356 e. The van der Waals surface area contributed by atoms with Gasteiger partial charge in [-0.2, -0.15) is 0 Å². The van der Waals surface area contributed by atoms with Gasteiger partial charge in [-0.15, -0.1) is 0 Å². The number of nitrogens with two attached hydrogens (primary N) is 1. The summed E-state index contributed by atoms with van der Waals surface area (Å²) in [5.41, 5.74) is 7.94. The number of hydrogen-bond acceptors (Lipinski definition) is 2. The Morgan fingerprint density at radius 2 is 2.05 bits per heavy atom. The van der Waals surface area contributed by atoms with Crippen LogP contribution in [-0.2, 0) is 11.2 Å². The number of halogens is 1. The fraction of sp³-hybridized carbons (Fsp3) is 0.611. The van der Waals surface area contributed by atoms with Crippen molar-refractivity contribution >= 4 is 5.91 Å². The lowest BCUT2D eigenvalue weighted by molar-refractivity contribution is -0.123. The second-order valence-electron chi connectivity index (χ2n) is 6.61. The first kappa shape index (κ1) is 16.9. The van der Waals surface area contributed by atoms with E-state index in [0.717, 1.165) is 30.4 Å². The molecule has 1 aliphatic rings. The smallest absolute Gasteiger partial charge is 0.220 e. The van der Waals surface area contributed by atoms with E-state index in [4.69, 9.17) is 5.73 Å². The van der Waals surface area contributed by atoms with Crippen molar-refractivity contribution in [2.24, 2.45) is 11.1 Å². The van der Waals surface area contributed by atoms with Crippen LogP contribution in [0.5, 0.6) is 0 Å². The summed E-state index contributed by atoms with van der Waals surface area (Å²) in [7, 11) is 0. The maximum Gasteiger partial charge on any atom is 0.220 e. The summed E-state index contributed by atoms with van der Waals surface area (Å²) in [5, 5.41) is 2.99. The fourth-order valence-electron chi connectivity index (χ4n) is 3.43. The first-order valence-electron chi connectivity index (χ1n) is 8.26. The van der Waals surface area contributed by atoms with Gasteiger partial charge in [-0.25, -0.2) is 4.39 Å². The van der Waals surface area contributed by atoms with Crippen LogP contribution in [0.15, 0.2) is 18.2 Å². The topological polar surface area (TPSA) is 55.1 Å². The maximum atomic E-state index is 13.1. The summed E-state index contributed by atoms with van der Waals surface area (Å²) in [6.45, 7) is 3.08. The van der Waals surface area contributed by atoms with Gasteiger partial charge >= 0.3 is 0 Å². The van der Waals surface area contributed by atoms with E-state index in [0.29, 0.717) is 19.5 Å². The Morgan fingerprint density at radius 3 is 2.68 bits per heavy atom. The van der Waals surface area contributed by atoms with Crippen LogP contribution in [-0.4, -0.2) is 19.0 Å². The predicted octanol–water partition coefficient (Wildman–Crippen LogP) is 3.09. The van der Waals surface area contributed by atoms with Crippen LogP contribution >= 0.6 is 0 Å². The highest BCUT2D eigenvalue weighted by atomic mass is 19.1. The summed E-state index contributed by atoms with van der Waals surface area (Å²) >= 11 is 0. The minimum absolute atomic E-state index is 0.00806. The Bertz CT molecular complexity index is 510. The third kappa shape index (κ3) is 4.54. The normalized spacial score (nSPS) is 17.2. The zero-order valence-electron chi connectivity index (χ0n) is 13.5. The molecule has 0 atom stereocenters. The quantitative estimate of drug-likeness (QED) is 0.848. The second kappa shape index (κ2) is 7.73. The van der Waals surface area contributed by atoms with Crippen molar-refractivity contribution in [2.75, 3.05) is 13.1 Å². The van der Waals surface area contributed by atoms with Crippen LogP contribution in [0, 0.1) is 18.2 Å². The monoisotopic (exact) mass is 306 g/mol. The summed E-state index contributed by atoms with van der Waals surface area (Å²) in [6.07, 6.45) is 7.01. The average molecular weight is 306 g/mol. The SMILES string of the molecule is Cc1cc(F)ccc1CCNC(=O)CC1(CN)CCCCC1. The molecule has 0 heterocycles. The van der Waals surface area contributed by atoms with Crippen LogP contribution in [0.25, 0.3) is 0 Å². The summed E-state index contributed by atoms with van der Waals surface area (Å²) in [6, 6.07) is 4.79. The fourth-order valence-corrected chi connectivity index (χ4v) is 3.43. The molecule has 1 saturated carbocycles. The lowest BCUT2D eigenvalue weighted by Gasteiger charge is -2.35. The molecule has 1 amide bonds. The Labute approximate surface area is 132 Å². The van der Waals surface area contributed by atoms with Crippen LogP contribution < -0.4 is 11.1 Å². The second-order valence-corrected chi connectivity index (χ2v) is 6.61. The highest BCUT2D eigenvalue weighted by Gasteiger charge is 2.32. The molecule has 1 aliphatic carbocycles. The van der Waals surface area contributed by atoms with Gasteiger partial charge in [0, 0.05) is 13.0 Å². The molecule has 3 nitrogen and oxygen atoms in total. The third-order valence-corrected chi connectivity index (χ3v) is 4.90. The molecule has 0 aliphatic heterocycles. The van der Waals surface area contributed by atoms with E-state index >= 15 is 0 Å². The molecule has 1 fully saturated rings. The number of benzene rings is 1. The van der Waals surface area contributed by atoms with E-state index in [-0.39, 0.29) is 17.1 Å². The van der Waals surface area contributed by atoms with Gasteiger partial charge in [0.15, 0.2) is 0 Å². The molecule has 0 spiro atoms. The standard InChI is InChI=1S/C18H27FN2O/c1-14-11-16(19)6-5-15(14)7-10-21-17(22)12-18(13-20)8-3-2-4-9-18/h5-6,11H,2-4,7-10,12-13,20H2,1H3,(H,21,22). The summed E-state index contributed by atoms with van der Waals surface area (Å²) in [4.78, 5) is 12.2. The number of rotatable bonds is 6. The number of carbonyl (C=O) groups is 1. The number of nitrogens with one attached hydrogen (secondary N) is 1. The molecule has 2 rings (SSSR count). The van der Waals surface area contributed by atoms with Gasteiger partial charge in [0.2, 0.25) is 5.91 Å². The van der Waals surface area contributed by atoms with Gasteiger partial charge in [0.25, 0.3) is 0 Å². The zero-order valence-corrected chi connectivity index (χ0v) is 13.5. The number of amides is 1. The molecule has 0 aromatic heterocycles. The van der Waals surface area contributed by atoms with Gasteiger partial charge in [0.1, 0.15) is 5.82 Å². The molecule has 1 aromatic carbocycles. The number of carbonyl (C=O) groups excluding carboxylic acids is 1. The van der Waals surface area contributed by atoms with Gasteiger partial charge in [-0.05, 0) is 61.4 Å². The predicted molar refractivity (Wildman–Crippen MR) is 87.0 cm³/mol. The van der Waals surface area contributed by atoms with Crippen molar-refractivity contribution in [3.8, 4) is 0 Å². The Kier molecular flexibility index (Phi) is 5.95. The lowest BCUT2D eigenvalue weighted by atomic mass is 9.71. The first-order chi connectivity index (χ1) is 10.5. The highest BCUT2D eigenvalue weighted by Crippen LogP contribution is 2.38. The molecule has 0 radical (unpaired) electrons. The number of aryl methyl sites for hydroxylation is 1. The van der Waals surface area contributed by atoms with Crippen molar-refractivity contribution in [3.63, 3.8) is 0 Å². The third-order valence-electron chi connectivity index (χ3n) is 4.90. The molecule has 0 bridgehead atoms. The molecular weight excluding hydrogens is 279 g/mol. The first-order valence-corrected chi connectivity index (χ1v) is 8.26. The van der Waals surface area contributed by atoms with Crippen molar-refractivity contribution in [3.05, 3.63) is 35.1 Å². The number of hydrogen-bond donors (Lipinski definition) is 2. The Balaban J connectivity index is 1.80. The van der Waals surface area contributed by atoms with E-state index in [1.165, 1.54) is 31.4 Å². The molecule has 22 heavy (non-hydrogen) atoms. The molecular formula is C18H27FN2O. The average Bonchev–Trinajstić information content (AvgIpc) is 2.50. The van der Waals surface area contributed by atoms with Crippen molar-refractivity contribution in [1.82, 2.24) is 5.32 Å². The van der Waals surface area contributed by atoms with E-state index in [2.05, 4.69) is 5.32 Å². The minimum atomic E-state index is -0.215. The molecule has 122 valence electrons. The van der Waals surface area contributed by atoms with Gasteiger partial charge < -0.3 is 11.1 Å². The van der Waals surface area contributed by atoms with Crippen molar-refractivity contribution in [1.29, 1.82) is 0 Å². The van der Waals surface area contributed by atoms with Gasteiger partial charge in [0.05, 0.1) is 0 Å². The molecule has 4 heteroatoms. The lowest BCUT2D eigenvalue weighted by Crippen LogP contribution is -2.39. The zero-order chi connectivity index (χ0) is 16.0. The van der Waals surface area contributed by atoms with E-state index in [9.17, 15) is 9.18 Å². The minimum Gasteiger partial charge on any atom is -0.356 e. The van der Waals surface area contributed by atoms with E-state index < -0.39 is 0 Å². The molecule has 3 N–H and O–H groups in total. The van der Waals surface area contributed by atoms with E-state index in [1.807, 2.05) is 6.92 Å². The highest BCUT2D eigenvalue weighted by molar-refractivity contribution is 5.76. The maximum absolute atomic E-state index is 13.1. The van der Waals surface area contributed by atoms with Gasteiger partial charge in [-0.1, -0.05) is 25.3 Å². The van der Waals surface area contributed by atoms with Crippen LogP contribution in [0.1, 0.15) is 49.7 Å².